The molecule has 0 aromatic heterocycles. The molecule has 0 aromatic rings. The first-order valence-corrected chi connectivity index (χ1v) is 2.54. The van der Waals surface area contributed by atoms with E-state index in [0.717, 1.165) is 6.61 Å². The van der Waals surface area contributed by atoms with Gasteiger partial charge in [-0.15, -0.1) is 0 Å². The Hall–Kier alpha value is 0.422. The highest BCUT2D eigenvalue weighted by Gasteiger charge is 1.51. The zero-order chi connectivity index (χ0) is 5.41. The van der Waals surface area contributed by atoms with Gasteiger partial charge in [0.1, 0.15) is 0 Å². The fourth-order valence-electron chi connectivity index (χ4n) is 0. The van der Waals surface area contributed by atoms with Crippen molar-refractivity contribution in [3.63, 3.8) is 0 Å². The minimum absolute atomic E-state index is 0.194. The standard InChI is InChI=1S/C3H8O.Al.FH.2H/c1-3-4-2;;;;/h3H2,1-2H3;;1H;;/q;+1;;;/p-1. The molecule has 0 radical (unpaired) electrons. The molecule has 0 aromatic carbocycles. The van der Waals surface area contributed by atoms with E-state index in [1.54, 1.807) is 7.11 Å². The highest BCUT2D eigenvalue weighted by Crippen LogP contribution is 1.52. The Bertz CT molecular complexity index is 12.8. The van der Waals surface area contributed by atoms with Gasteiger partial charge in [-0.3, -0.25) is 0 Å². The van der Waals surface area contributed by atoms with Crippen LogP contribution >= 0.6 is 0 Å². The average Bonchev–Trinajstić information content (AvgIpc) is 1.72. The summed E-state index contributed by atoms with van der Waals surface area (Å²) in [6.07, 6.45) is 0. The van der Waals surface area contributed by atoms with Crippen LogP contribution in [0.2, 0.25) is 0 Å². The molecule has 0 saturated heterocycles. The Morgan fingerprint density at radius 3 is 1.83 bits per heavy atom. The van der Waals surface area contributed by atoms with E-state index >= 15 is 0 Å². The molecule has 0 fully saturated rings. The lowest BCUT2D eigenvalue weighted by molar-refractivity contribution is 0.215. The molecule has 0 spiro atoms. The second-order valence-corrected chi connectivity index (χ2v) is 0.577. The van der Waals surface area contributed by atoms with Gasteiger partial charge in [-0.2, -0.15) is 0 Å². The van der Waals surface area contributed by atoms with Gasteiger partial charge >= 0.3 is 16.7 Å². The van der Waals surface area contributed by atoms with Gasteiger partial charge in [0.05, 0.1) is 0 Å². The predicted molar refractivity (Wildman–Crippen MR) is 27.2 cm³/mol. The second kappa shape index (κ2) is 18.1. The first-order chi connectivity index (χ1) is 2.91. The zero-order valence-electron chi connectivity index (χ0n) is 4.49. The van der Waals surface area contributed by atoms with Gasteiger partial charge in [-0.25, -0.2) is 0 Å². The maximum Gasteiger partial charge on any atom is 0.472 e. The molecule has 38 valence electrons. The van der Waals surface area contributed by atoms with Gasteiger partial charge in [-0.1, -0.05) is 0 Å². The molecule has 0 rings (SSSR count). The molecule has 3 heteroatoms. The van der Waals surface area contributed by atoms with Crippen LogP contribution in [0.15, 0.2) is 0 Å². The minimum Gasteiger partial charge on any atom is -0.430 e. The van der Waals surface area contributed by atoms with Gasteiger partial charge < -0.3 is 8.26 Å². The molecule has 0 amide bonds. The molecule has 1 nitrogen and oxygen atoms in total. The Kier molecular flexibility index (Phi) is 29.1. The van der Waals surface area contributed by atoms with Crippen LogP contribution in [0.4, 0.5) is 3.52 Å². The molecule has 0 aliphatic heterocycles. The fourth-order valence-corrected chi connectivity index (χ4v) is 0. The smallest absolute Gasteiger partial charge is 0.430 e. The van der Waals surface area contributed by atoms with Crippen LogP contribution in [-0.4, -0.2) is 30.5 Å². The molecule has 0 heterocycles. The molecule has 0 saturated carbocycles. The summed E-state index contributed by atoms with van der Waals surface area (Å²) >= 11 is -0.194. The van der Waals surface area contributed by atoms with Gasteiger partial charge in [0, 0.05) is 13.7 Å². The van der Waals surface area contributed by atoms with Crippen molar-refractivity contribution >= 4 is 16.7 Å². The molecule has 0 aliphatic rings. The van der Waals surface area contributed by atoms with Crippen LogP contribution in [0.5, 0.6) is 0 Å². The number of hydrogen-bond donors (Lipinski definition) is 0. The van der Waals surface area contributed by atoms with E-state index in [1.165, 1.54) is 0 Å². The molecule has 0 aliphatic carbocycles. The van der Waals surface area contributed by atoms with E-state index in [1.807, 2.05) is 6.92 Å². The van der Waals surface area contributed by atoms with Crippen molar-refractivity contribution in [3.8, 4) is 0 Å². The summed E-state index contributed by atoms with van der Waals surface area (Å²) in [5.41, 5.74) is 0. The summed E-state index contributed by atoms with van der Waals surface area (Å²) in [6.45, 7) is 2.78. The van der Waals surface area contributed by atoms with Crippen LogP contribution in [0.3, 0.4) is 0 Å². The van der Waals surface area contributed by atoms with Crippen molar-refractivity contribution in [1.29, 1.82) is 0 Å². The maximum absolute atomic E-state index is 9.64. The van der Waals surface area contributed by atoms with Crippen LogP contribution in [-0.2, 0) is 4.74 Å². The zero-order valence-corrected chi connectivity index (χ0v) is 6.49. The summed E-state index contributed by atoms with van der Waals surface area (Å²) in [6, 6.07) is 0. The SMILES string of the molecule is CCOC.[F][AlH2]. The number of methoxy groups -OCH3 is 1. The fraction of sp³-hybridized carbons (Fsp3) is 1.00. The van der Waals surface area contributed by atoms with Gasteiger partial charge in [0.15, 0.2) is 0 Å². The third-order valence-electron chi connectivity index (χ3n) is 0.289. The van der Waals surface area contributed by atoms with E-state index in [9.17, 15) is 3.52 Å². The van der Waals surface area contributed by atoms with Crippen molar-refractivity contribution < 1.29 is 8.26 Å². The highest BCUT2D eigenvalue weighted by atomic mass is 27.1. The number of hydrogen-bond acceptors (Lipinski definition) is 1. The van der Waals surface area contributed by atoms with E-state index in [2.05, 4.69) is 4.74 Å². The summed E-state index contributed by atoms with van der Waals surface area (Å²) in [4.78, 5) is 0. The van der Waals surface area contributed by atoms with E-state index < -0.39 is 0 Å². The number of halogens is 1. The van der Waals surface area contributed by atoms with Crippen LogP contribution in [0.1, 0.15) is 6.92 Å². The van der Waals surface area contributed by atoms with Crippen molar-refractivity contribution in [2.75, 3.05) is 13.7 Å². The first kappa shape index (κ1) is 9.66. The number of ether oxygens (including phenoxy) is 1. The third-order valence-corrected chi connectivity index (χ3v) is 0.289. The van der Waals surface area contributed by atoms with Crippen molar-refractivity contribution in [1.82, 2.24) is 0 Å². The average molecular weight is 108 g/mol. The largest absolute Gasteiger partial charge is 0.472 e. The lowest BCUT2D eigenvalue weighted by Crippen LogP contribution is -1.73. The monoisotopic (exact) mass is 108 g/mol. The topological polar surface area (TPSA) is 9.23 Å². The first-order valence-electron chi connectivity index (χ1n) is 1.78. The molecule has 0 atom stereocenters. The molecule has 6 heavy (non-hydrogen) atoms. The van der Waals surface area contributed by atoms with E-state index in [-0.39, 0.29) is 16.7 Å². The minimum atomic E-state index is -0.194. The van der Waals surface area contributed by atoms with E-state index in [0.29, 0.717) is 0 Å². The Labute approximate surface area is 46.4 Å². The highest BCUT2D eigenvalue weighted by molar-refractivity contribution is 5.96. The summed E-state index contributed by atoms with van der Waals surface area (Å²) in [5.74, 6) is 0. The quantitative estimate of drug-likeness (QED) is 0.435. The Morgan fingerprint density at radius 2 is 1.83 bits per heavy atom. The molecule has 0 N–H and O–H groups in total. The molecule has 0 unspecified atom stereocenters. The summed E-state index contributed by atoms with van der Waals surface area (Å²) < 4.78 is 14.2. The van der Waals surface area contributed by atoms with Crippen LogP contribution in [0.25, 0.3) is 0 Å². The molecular weight excluding hydrogens is 98.0 g/mol. The predicted octanol–water partition coefficient (Wildman–Crippen LogP) is 0.157. The van der Waals surface area contributed by atoms with Crippen LogP contribution < -0.4 is 0 Å². The lowest BCUT2D eigenvalue weighted by Gasteiger charge is -1.76. The molecule has 0 bridgehead atoms. The van der Waals surface area contributed by atoms with E-state index in [4.69, 9.17) is 0 Å². The lowest BCUT2D eigenvalue weighted by atomic mass is 10.9. The second-order valence-electron chi connectivity index (χ2n) is 0.577. The third kappa shape index (κ3) is 25.6. The Balaban J connectivity index is 0. The van der Waals surface area contributed by atoms with Crippen molar-refractivity contribution in [2.24, 2.45) is 0 Å². The summed E-state index contributed by atoms with van der Waals surface area (Å²) in [5, 5.41) is 0. The van der Waals surface area contributed by atoms with Crippen molar-refractivity contribution in [2.45, 2.75) is 6.92 Å². The normalized spacial score (nSPS) is 5.83. The Morgan fingerprint density at radius 1 is 1.67 bits per heavy atom. The van der Waals surface area contributed by atoms with Crippen molar-refractivity contribution in [3.05, 3.63) is 0 Å². The number of rotatable bonds is 1. The van der Waals surface area contributed by atoms with Gasteiger partial charge in [-0.05, 0) is 6.92 Å². The molecular formula is C3H10AlFO. The summed E-state index contributed by atoms with van der Waals surface area (Å²) in [7, 11) is 1.68. The maximum atomic E-state index is 9.64. The van der Waals surface area contributed by atoms with Gasteiger partial charge in [0.25, 0.3) is 0 Å². The van der Waals surface area contributed by atoms with Gasteiger partial charge in [0.2, 0.25) is 0 Å². The van der Waals surface area contributed by atoms with Crippen LogP contribution in [0, 0.1) is 0 Å².